The number of anilines is 3. The molecule has 1 N–H and O–H groups in total. The SMILES string of the molecule is Cc1cc(Nc2nc(-c3ccccc3)cc(N3CCCCC3)n2)no1. The maximum Gasteiger partial charge on any atom is 0.231 e. The highest BCUT2D eigenvalue weighted by atomic mass is 16.5. The number of hydrogen-bond donors (Lipinski definition) is 1. The molecule has 2 aromatic heterocycles. The van der Waals surface area contributed by atoms with Crippen LogP contribution in [0.2, 0.25) is 0 Å². The molecule has 1 aromatic carbocycles. The Morgan fingerprint density at radius 3 is 2.52 bits per heavy atom. The lowest BCUT2D eigenvalue weighted by Crippen LogP contribution is -2.30. The van der Waals surface area contributed by atoms with Gasteiger partial charge in [-0.25, -0.2) is 4.98 Å². The molecule has 0 unspecified atom stereocenters. The van der Waals surface area contributed by atoms with Crippen LogP contribution in [-0.2, 0) is 0 Å². The molecule has 1 aliphatic heterocycles. The van der Waals surface area contributed by atoms with Crippen molar-refractivity contribution in [3.05, 3.63) is 48.2 Å². The fourth-order valence-electron chi connectivity index (χ4n) is 3.07. The third-order valence-corrected chi connectivity index (χ3v) is 4.33. The van der Waals surface area contributed by atoms with Gasteiger partial charge in [-0.2, -0.15) is 4.98 Å². The Kier molecular flexibility index (Phi) is 4.33. The Morgan fingerprint density at radius 1 is 1.00 bits per heavy atom. The summed E-state index contributed by atoms with van der Waals surface area (Å²) in [6.07, 6.45) is 3.70. The van der Waals surface area contributed by atoms with E-state index in [1.54, 1.807) is 0 Å². The Bertz CT molecular complexity index is 840. The molecule has 0 radical (unpaired) electrons. The minimum absolute atomic E-state index is 0.537. The van der Waals surface area contributed by atoms with Crippen LogP contribution in [-0.4, -0.2) is 28.2 Å². The fraction of sp³-hybridized carbons (Fsp3) is 0.316. The Labute approximate surface area is 146 Å². The third-order valence-electron chi connectivity index (χ3n) is 4.33. The zero-order valence-electron chi connectivity index (χ0n) is 14.3. The summed E-state index contributed by atoms with van der Waals surface area (Å²) in [5.41, 5.74) is 1.97. The smallest absolute Gasteiger partial charge is 0.231 e. The summed E-state index contributed by atoms with van der Waals surface area (Å²) in [6.45, 7) is 3.93. The maximum absolute atomic E-state index is 5.12. The van der Waals surface area contributed by atoms with Crippen LogP contribution in [0.4, 0.5) is 17.6 Å². The molecule has 3 aromatic rings. The number of piperidine rings is 1. The quantitative estimate of drug-likeness (QED) is 0.772. The summed E-state index contributed by atoms with van der Waals surface area (Å²) in [5, 5.41) is 7.14. The minimum atomic E-state index is 0.537. The van der Waals surface area contributed by atoms with Crippen LogP contribution in [0.1, 0.15) is 25.0 Å². The molecule has 6 heteroatoms. The van der Waals surface area contributed by atoms with Crippen LogP contribution in [0, 0.1) is 6.92 Å². The largest absolute Gasteiger partial charge is 0.360 e. The standard InChI is InChI=1S/C19H21N5O/c1-14-12-17(23-25-14)21-19-20-16(15-8-4-2-5-9-15)13-18(22-19)24-10-6-3-7-11-24/h2,4-5,8-9,12-13H,3,6-7,10-11H2,1H3,(H,20,21,22,23). The lowest BCUT2D eigenvalue weighted by molar-refractivity contribution is 0.400. The maximum atomic E-state index is 5.12. The predicted molar refractivity (Wildman–Crippen MR) is 98.1 cm³/mol. The van der Waals surface area contributed by atoms with Gasteiger partial charge in [0, 0.05) is 30.8 Å². The second-order valence-electron chi connectivity index (χ2n) is 6.30. The van der Waals surface area contributed by atoms with Crippen molar-refractivity contribution in [1.29, 1.82) is 0 Å². The summed E-state index contributed by atoms with van der Waals surface area (Å²) in [7, 11) is 0. The van der Waals surface area contributed by atoms with Gasteiger partial charge in [-0.1, -0.05) is 35.5 Å². The van der Waals surface area contributed by atoms with Gasteiger partial charge in [-0.05, 0) is 26.2 Å². The van der Waals surface area contributed by atoms with E-state index in [-0.39, 0.29) is 0 Å². The van der Waals surface area contributed by atoms with Crippen molar-refractivity contribution >= 4 is 17.6 Å². The number of aryl methyl sites for hydroxylation is 1. The van der Waals surface area contributed by atoms with Gasteiger partial charge >= 0.3 is 0 Å². The highest BCUT2D eigenvalue weighted by molar-refractivity contribution is 5.66. The van der Waals surface area contributed by atoms with Crippen LogP contribution in [0.3, 0.4) is 0 Å². The summed E-state index contributed by atoms with van der Waals surface area (Å²) >= 11 is 0. The number of rotatable bonds is 4. The van der Waals surface area contributed by atoms with E-state index in [9.17, 15) is 0 Å². The molecule has 4 rings (SSSR count). The number of nitrogens with zero attached hydrogens (tertiary/aromatic N) is 4. The molecule has 0 saturated carbocycles. The van der Waals surface area contributed by atoms with Gasteiger partial charge in [0.05, 0.1) is 5.69 Å². The molecule has 0 amide bonds. The molecule has 0 aliphatic carbocycles. The van der Waals surface area contributed by atoms with Crippen LogP contribution in [0.25, 0.3) is 11.3 Å². The average Bonchev–Trinajstić information content (AvgIpc) is 3.07. The first-order chi connectivity index (χ1) is 12.3. The van der Waals surface area contributed by atoms with Gasteiger partial charge in [0.25, 0.3) is 0 Å². The first kappa shape index (κ1) is 15.6. The van der Waals surface area contributed by atoms with E-state index in [0.717, 1.165) is 35.9 Å². The summed E-state index contributed by atoms with van der Waals surface area (Å²) in [4.78, 5) is 11.7. The molecular formula is C19H21N5O. The van der Waals surface area contributed by atoms with Gasteiger partial charge in [0.2, 0.25) is 5.95 Å². The van der Waals surface area contributed by atoms with Crippen molar-refractivity contribution in [3.63, 3.8) is 0 Å². The van der Waals surface area contributed by atoms with Crippen molar-refractivity contribution < 1.29 is 4.52 Å². The van der Waals surface area contributed by atoms with Crippen molar-refractivity contribution in [2.75, 3.05) is 23.3 Å². The zero-order valence-corrected chi connectivity index (χ0v) is 14.3. The Hall–Kier alpha value is -2.89. The van der Waals surface area contributed by atoms with E-state index in [2.05, 4.69) is 38.6 Å². The molecule has 128 valence electrons. The molecule has 1 aliphatic rings. The van der Waals surface area contributed by atoms with Crippen LogP contribution < -0.4 is 10.2 Å². The van der Waals surface area contributed by atoms with Crippen molar-refractivity contribution in [1.82, 2.24) is 15.1 Å². The van der Waals surface area contributed by atoms with E-state index < -0.39 is 0 Å². The minimum Gasteiger partial charge on any atom is -0.360 e. The number of hydrogen-bond acceptors (Lipinski definition) is 6. The molecule has 3 heterocycles. The lowest BCUT2D eigenvalue weighted by Gasteiger charge is -2.28. The van der Waals surface area contributed by atoms with E-state index >= 15 is 0 Å². The molecule has 0 atom stereocenters. The van der Waals surface area contributed by atoms with Gasteiger partial charge in [0.1, 0.15) is 11.6 Å². The second kappa shape index (κ2) is 6.93. The first-order valence-electron chi connectivity index (χ1n) is 8.68. The highest BCUT2D eigenvalue weighted by Crippen LogP contribution is 2.26. The van der Waals surface area contributed by atoms with Crippen LogP contribution in [0.5, 0.6) is 0 Å². The molecule has 6 nitrogen and oxygen atoms in total. The summed E-state index contributed by atoms with van der Waals surface area (Å²) in [6, 6.07) is 14.1. The molecule has 25 heavy (non-hydrogen) atoms. The number of benzene rings is 1. The molecule has 1 saturated heterocycles. The molecular weight excluding hydrogens is 314 g/mol. The molecule has 0 bridgehead atoms. The third kappa shape index (κ3) is 3.63. The van der Waals surface area contributed by atoms with Crippen molar-refractivity contribution in [2.45, 2.75) is 26.2 Å². The highest BCUT2D eigenvalue weighted by Gasteiger charge is 2.16. The van der Waals surface area contributed by atoms with Crippen molar-refractivity contribution in [2.24, 2.45) is 0 Å². The van der Waals surface area contributed by atoms with E-state index in [4.69, 9.17) is 9.51 Å². The van der Waals surface area contributed by atoms with Gasteiger partial charge in [0.15, 0.2) is 5.82 Å². The Morgan fingerprint density at radius 2 is 1.80 bits per heavy atom. The fourth-order valence-corrected chi connectivity index (χ4v) is 3.07. The zero-order chi connectivity index (χ0) is 17.1. The lowest BCUT2D eigenvalue weighted by atomic mass is 10.1. The van der Waals surface area contributed by atoms with Crippen LogP contribution in [0.15, 0.2) is 47.0 Å². The van der Waals surface area contributed by atoms with Gasteiger partial charge in [-0.15, -0.1) is 0 Å². The summed E-state index contributed by atoms with van der Waals surface area (Å²) in [5.74, 6) is 2.86. The van der Waals surface area contributed by atoms with Crippen molar-refractivity contribution in [3.8, 4) is 11.3 Å². The first-order valence-corrected chi connectivity index (χ1v) is 8.68. The number of nitrogens with one attached hydrogen (secondary N) is 1. The second-order valence-corrected chi connectivity index (χ2v) is 6.30. The van der Waals surface area contributed by atoms with E-state index in [1.165, 1.54) is 19.3 Å². The normalized spacial score (nSPS) is 14.5. The van der Waals surface area contributed by atoms with E-state index in [1.807, 2.05) is 31.2 Å². The average molecular weight is 335 g/mol. The van der Waals surface area contributed by atoms with Gasteiger partial charge < -0.3 is 14.7 Å². The number of aromatic nitrogens is 3. The topological polar surface area (TPSA) is 67.1 Å². The van der Waals surface area contributed by atoms with Crippen LogP contribution >= 0.6 is 0 Å². The monoisotopic (exact) mass is 335 g/mol. The Balaban J connectivity index is 1.71. The molecule has 1 fully saturated rings. The van der Waals surface area contributed by atoms with E-state index in [0.29, 0.717) is 11.8 Å². The summed E-state index contributed by atoms with van der Waals surface area (Å²) < 4.78 is 5.12. The molecule has 0 spiro atoms. The van der Waals surface area contributed by atoms with Gasteiger partial charge in [-0.3, -0.25) is 0 Å². The predicted octanol–water partition coefficient (Wildman–Crippen LogP) is 4.17.